The third-order valence-corrected chi connectivity index (χ3v) is 2.11. The van der Waals surface area contributed by atoms with Gasteiger partial charge >= 0.3 is 47.2 Å². The molecule has 6 heteroatoms. The topological polar surface area (TPSA) is 65.0 Å². The van der Waals surface area contributed by atoms with E-state index in [2.05, 4.69) is 20.0 Å². The van der Waals surface area contributed by atoms with E-state index in [1.165, 1.54) is 6.26 Å². The van der Waals surface area contributed by atoms with Gasteiger partial charge in [-0.15, -0.1) is 0 Å². The van der Waals surface area contributed by atoms with Crippen LogP contribution in [0.15, 0.2) is 45.8 Å². The molecule has 0 N–H and O–H groups in total. The van der Waals surface area contributed by atoms with Crippen molar-refractivity contribution in [2.45, 2.75) is 0 Å². The van der Waals surface area contributed by atoms with Gasteiger partial charge in [0.2, 0.25) is 0 Å². The quantitative estimate of drug-likeness (QED) is 0.571. The van der Waals surface area contributed by atoms with Crippen LogP contribution < -0.4 is 3.74 Å². The molecule has 5 nitrogen and oxygen atoms in total. The maximum atomic E-state index is 4.87. The molecule has 3 aromatic rings. The zero-order valence-corrected chi connectivity index (χ0v) is 9.86. The van der Waals surface area contributed by atoms with Crippen molar-refractivity contribution in [1.82, 2.24) is 15.5 Å². The maximum Gasteiger partial charge on any atom is 0.166 e. The summed E-state index contributed by atoms with van der Waals surface area (Å²) in [7, 11) is 0. The van der Waals surface area contributed by atoms with Gasteiger partial charge in [-0.2, -0.15) is 0 Å². The number of hydrogen-bond acceptors (Lipinski definition) is 5. The first-order valence-corrected chi connectivity index (χ1v) is 5.26. The van der Waals surface area contributed by atoms with E-state index in [-0.39, 0.29) is 0 Å². The van der Waals surface area contributed by atoms with Crippen molar-refractivity contribution >= 4 is 37.0 Å². The van der Waals surface area contributed by atoms with E-state index in [9.17, 15) is 0 Å². The number of para-hydroxylation sites is 1. The van der Waals surface area contributed by atoms with Gasteiger partial charge in [-0.1, -0.05) is 17.3 Å². The first kappa shape index (κ1) is 10.1. The summed E-state index contributed by atoms with van der Waals surface area (Å²) in [6.45, 7) is 0. The maximum absolute atomic E-state index is 4.87. The molecule has 3 rings (SSSR count). The second kappa shape index (κ2) is 4.91. The van der Waals surface area contributed by atoms with Crippen LogP contribution in [0.1, 0.15) is 0 Å². The van der Waals surface area contributed by atoms with Gasteiger partial charge < -0.3 is 4.52 Å². The average Bonchev–Trinajstić information content (AvgIpc) is 2.88. The van der Waals surface area contributed by atoms with E-state index in [1.54, 1.807) is 28.5 Å². The molecule has 2 heterocycles. The normalized spacial score (nSPS) is 9.60. The molecule has 0 unspecified atom stereocenters. The minimum absolute atomic E-state index is 0.825. The molecule has 0 saturated carbocycles. The van der Waals surface area contributed by atoms with E-state index in [0.717, 1.165) is 14.7 Å². The van der Waals surface area contributed by atoms with Crippen LogP contribution in [0.25, 0.3) is 11.0 Å². The Morgan fingerprint density at radius 1 is 1.20 bits per heavy atom. The van der Waals surface area contributed by atoms with Gasteiger partial charge in [0.15, 0.2) is 5.58 Å². The van der Waals surface area contributed by atoms with Gasteiger partial charge in [0.1, 0.15) is 0 Å². The van der Waals surface area contributed by atoms with Crippen LogP contribution >= 0.6 is 0 Å². The molecule has 75 valence electrons. The largest absolute Gasteiger partial charge is 0.356 e. The Hall–Kier alpha value is -1.38. The molecule has 1 aromatic carbocycles. The molecule has 0 amide bonds. The summed E-state index contributed by atoms with van der Waals surface area (Å²) in [4.78, 5) is 0. The summed E-state index contributed by atoms with van der Waals surface area (Å²) < 4.78 is 10.0. The molecule has 2 aromatic heterocycles. The molecule has 0 fully saturated rings. The molecular weight excluding hydrogens is 310 g/mol. The summed E-state index contributed by atoms with van der Waals surface area (Å²) >= 11 is 1.75. The predicted molar refractivity (Wildman–Crippen MR) is 53.7 cm³/mol. The first-order valence-electron chi connectivity index (χ1n) is 4.10. The second-order valence-corrected chi connectivity index (χ2v) is 3.80. The summed E-state index contributed by atoms with van der Waals surface area (Å²) in [5, 5.41) is 11.4. The molecule has 0 aliphatic carbocycles. The SMILES string of the molecule is [Te]c1conn1.c1ccc2oncc2c1. The monoisotopic (exact) mass is 318 g/mol. The van der Waals surface area contributed by atoms with Crippen molar-refractivity contribution in [2.75, 3.05) is 0 Å². The van der Waals surface area contributed by atoms with Crippen molar-refractivity contribution in [3.05, 3.63) is 36.7 Å². The Kier molecular flexibility index (Phi) is 3.32. The van der Waals surface area contributed by atoms with Crippen molar-refractivity contribution in [2.24, 2.45) is 0 Å². The van der Waals surface area contributed by atoms with Crippen LogP contribution in [0.2, 0.25) is 0 Å². The smallest absolute Gasteiger partial charge is 0.166 e. The van der Waals surface area contributed by atoms with Crippen molar-refractivity contribution in [3.8, 4) is 0 Å². The fourth-order valence-electron chi connectivity index (χ4n) is 0.966. The Morgan fingerprint density at radius 3 is 2.67 bits per heavy atom. The molecule has 0 atom stereocenters. The van der Waals surface area contributed by atoms with Crippen molar-refractivity contribution in [1.29, 1.82) is 0 Å². The third kappa shape index (κ3) is 2.78. The molecule has 15 heavy (non-hydrogen) atoms. The van der Waals surface area contributed by atoms with Crippen LogP contribution in [-0.4, -0.2) is 37.8 Å². The molecule has 0 bridgehead atoms. The van der Waals surface area contributed by atoms with Gasteiger partial charge in [-0.05, 0) is 12.1 Å². The number of rotatable bonds is 0. The number of nitrogens with zero attached hydrogens (tertiary/aromatic N) is 3. The number of hydrogen-bond donors (Lipinski definition) is 0. The molecule has 0 saturated heterocycles. The number of aromatic nitrogens is 3. The predicted octanol–water partition coefficient (Wildman–Crippen LogP) is 0.691. The molecule has 0 aliphatic heterocycles. The second-order valence-electron chi connectivity index (χ2n) is 2.61. The molecular formula is C9H6N3O2Te. The van der Waals surface area contributed by atoms with Crippen LogP contribution in [-0.2, 0) is 0 Å². The van der Waals surface area contributed by atoms with E-state index in [0.29, 0.717) is 0 Å². The van der Waals surface area contributed by atoms with Gasteiger partial charge in [-0.25, -0.2) is 0 Å². The Bertz CT molecular complexity index is 491. The van der Waals surface area contributed by atoms with E-state index in [4.69, 9.17) is 4.52 Å². The summed E-state index contributed by atoms with van der Waals surface area (Å²) in [5.41, 5.74) is 0.845. The molecule has 0 aliphatic rings. The Labute approximate surface area is 98.3 Å². The number of benzene rings is 1. The van der Waals surface area contributed by atoms with Gasteiger partial charge in [0, 0.05) is 5.39 Å². The van der Waals surface area contributed by atoms with Crippen molar-refractivity contribution in [3.63, 3.8) is 0 Å². The summed E-state index contributed by atoms with van der Waals surface area (Å²) in [6.07, 6.45) is 3.19. The average molecular weight is 316 g/mol. The summed E-state index contributed by atoms with van der Waals surface area (Å²) in [6, 6.07) is 7.74. The van der Waals surface area contributed by atoms with E-state index >= 15 is 0 Å². The molecule has 0 spiro atoms. The van der Waals surface area contributed by atoms with Crippen molar-refractivity contribution < 1.29 is 9.05 Å². The van der Waals surface area contributed by atoms with Crippen LogP contribution in [0.4, 0.5) is 0 Å². The van der Waals surface area contributed by atoms with Gasteiger partial charge in [0.05, 0.1) is 6.20 Å². The standard InChI is InChI=1S/C7H5NO.C2HN2OTe/c1-2-4-7-6(3-1)5-8-9-7;6-2-1-5-4-3-2/h1-5H;1H. The zero-order valence-electron chi connectivity index (χ0n) is 7.53. The van der Waals surface area contributed by atoms with Crippen LogP contribution in [0, 0.1) is 0 Å². The zero-order chi connectivity index (χ0) is 10.5. The number of fused-ring (bicyclic) bond motifs is 1. The fourth-order valence-corrected chi connectivity index (χ4v) is 1.18. The van der Waals surface area contributed by atoms with E-state index < -0.39 is 0 Å². The Morgan fingerprint density at radius 2 is 2.07 bits per heavy atom. The van der Waals surface area contributed by atoms with Crippen LogP contribution in [0.3, 0.4) is 0 Å². The first-order chi connectivity index (χ1) is 7.36. The Balaban J connectivity index is 0.000000124. The van der Waals surface area contributed by atoms with E-state index in [1.807, 2.05) is 24.3 Å². The van der Waals surface area contributed by atoms with Gasteiger partial charge in [-0.3, -0.25) is 0 Å². The fraction of sp³-hybridized carbons (Fsp3) is 0. The summed E-state index contributed by atoms with van der Waals surface area (Å²) in [5.74, 6) is 0. The van der Waals surface area contributed by atoms with Gasteiger partial charge in [0.25, 0.3) is 0 Å². The minimum Gasteiger partial charge on any atom is -0.356 e. The third-order valence-electron chi connectivity index (χ3n) is 1.60. The minimum atomic E-state index is 0.825. The molecule has 1 radical (unpaired) electrons. The van der Waals surface area contributed by atoms with Crippen LogP contribution in [0.5, 0.6) is 0 Å².